The van der Waals surface area contributed by atoms with Gasteiger partial charge in [-0.1, -0.05) is 0 Å². The summed E-state index contributed by atoms with van der Waals surface area (Å²) in [5, 5.41) is 15.5. The molecule has 0 unspecified atom stereocenters. The van der Waals surface area contributed by atoms with Crippen LogP contribution in [-0.4, -0.2) is 24.7 Å². The van der Waals surface area contributed by atoms with E-state index < -0.39 is 0 Å². The van der Waals surface area contributed by atoms with Crippen molar-refractivity contribution < 1.29 is 5.11 Å². The summed E-state index contributed by atoms with van der Waals surface area (Å²) < 4.78 is 1.34. The largest absolute Gasteiger partial charge is 0.493 e. The Bertz CT molecular complexity index is 645. The maximum atomic E-state index is 9.71. The molecule has 0 radical (unpaired) electrons. The summed E-state index contributed by atoms with van der Waals surface area (Å²) in [7, 11) is 0. The second-order valence-corrected chi connectivity index (χ2v) is 3.91. The third-order valence-corrected chi connectivity index (χ3v) is 2.86. The molecule has 0 aliphatic carbocycles. The van der Waals surface area contributed by atoms with Crippen LogP contribution in [0.5, 0.6) is 5.88 Å². The highest BCUT2D eigenvalue weighted by Crippen LogP contribution is 2.32. The van der Waals surface area contributed by atoms with Crippen molar-refractivity contribution in [2.24, 2.45) is 0 Å². The highest BCUT2D eigenvalue weighted by molar-refractivity contribution is 7.07. The highest BCUT2D eigenvalue weighted by atomic mass is 32.1. The molecule has 7 heteroatoms. The summed E-state index contributed by atoms with van der Waals surface area (Å²) in [6.45, 7) is 0. The van der Waals surface area contributed by atoms with E-state index in [-0.39, 0.29) is 5.88 Å². The lowest BCUT2D eigenvalue weighted by Crippen LogP contribution is -1.98. The Kier molecular flexibility index (Phi) is 1.80. The van der Waals surface area contributed by atoms with Gasteiger partial charge >= 0.3 is 0 Å². The fourth-order valence-electron chi connectivity index (χ4n) is 1.59. The molecule has 0 aliphatic rings. The van der Waals surface area contributed by atoms with Crippen molar-refractivity contribution in [3.05, 3.63) is 23.3 Å². The van der Waals surface area contributed by atoms with Crippen LogP contribution in [0, 0.1) is 0 Å². The number of nitrogens with two attached hydrogens (primary N) is 1. The molecule has 3 aromatic rings. The average Bonchev–Trinajstić information content (AvgIpc) is 2.87. The van der Waals surface area contributed by atoms with Crippen LogP contribution in [0.4, 0.5) is 5.82 Å². The smallest absolute Gasteiger partial charge is 0.213 e. The Morgan fingerprint density at radius 1 is 1.38 bits per heavy atom. The first-order valence-corrected chi connectivity index (χ1v) is 5.41. The van der Waals surface area contributed by atoms with E-state index in [1.807, 2.05) is 5.38 Å². The molecule has 0 saturated heterocycles. The zero-order valence-corrected chi connectivity index (χ0v) is 8.85. The van der Waals surface area contributed by atoms with Crippen molar-refractivity contribution in [3.8, 4) is 17.1 Å². The van der Waals surface area contributed by atoms with Crippen LogP contribution in [0.25, 0.3) is 16.8 Å². The number of aromatic hydroxyl groups is 1. The van der Waals surface area contributed by atoms with E-state index in [0.29, 0.717) is 11.3 Å². The Balaban J connectivity index is 2.42. The predicted octanol–water partition coefficient (Wildman–Crippen LogP) is 1.14. The first kappa shape index (κ1) is 9.10. The van der Waals surface area contributed by atoms with Crippen molar-refractivity contribution in [1.29, 1.82) is 0 Å². The summed E-state index contributed by atoms with van der Waals surface area (Å²) in [5.74, 6) is 0.338. The molecular weight excluding hydrogens is 226 g/mol. The Labute approximate surface area is 94.0 Å². The van der Waals surface area contributed by atoms with Gasteiger partial charge in [-0.2, -0.15) is 9.61 Å². The third kappa shape index (κ3) is 1.15. The van der Waals surface area contributed by atoms with E-state index >= 15 is 0 Å². The molecule has 16 heavy (non-hydrogen) atoms. The second-order valence-electron chi connectivity index (χ2n) is 3.20. The molecular formula is C9H7N5OS. The quantitative estimate of drug-likeness (QED) is 0.658. The van der Waals surface area contributed by atoms with Crippen LogP contribution >= 0.6 is 11.3 Å². The van der Waals surface area contributed by atoms with Gasteiger partial charge in [-0.25, -0.2) is 9.97 Å². The molecule has 3 N–H and O–H groups in total. The van der Waals surface area contributed by atoms with Crippen LogP contribution in [0.15, 0.2) is 23.3 Å². The zero-order valence-electron chi connectivity index (χ0n) is 8.03. The summed E-state index contributed by atoms with van der Waals surface area (Å²) in [6, 6.07) is 1.58. The molecule has 3 rings (SSSR count). The Hall–Kier alpha value is -2.15. The molecule has 0 spiro atoms. The molecule has 3 aromatic heterocycles. The van der Waals surface area contributed by atoms with E-state index in [9.17, 15) is 5.11 Å². The van der Waals surface area contributed by atoms with Crippen molar-refractivity contribution in [2.75, 3.05) is 5.73 Å². The van der Waals surface area contributed by atoms with Gasteiger partial charge in [0.1, 0.15) is 11.8 Å². The maximum Gasteiger partial charge on any atom is 0.213 e. The number of rotatable bonds is 1. The van der Waals surface area contributed by atoms with Crippen molar-refractivity contribution in [2.45, 2.75) is 0 Å². The second kappa shape index (κ2) is 3.17. The maximum absolute atomic E-state index is 9.71. The molecule has 0 aromatic carbocycles. The lowest BCUT2D eigenvalue weighted by atomic mass is 10.2. The van der Waals surface area contributed by atoms with Gasteiger partial charge in [0.15, 0.2) is 5.82 Å². The standard InChI is InChI=1S/C9H7N5OS/c10-9-8-5(6-2-16-4-12-6)1-7(15)14(8)13-3-11-9/h1-4,15H,(H2,10,11,13). The van der Waals surface area contributed by atoms with Crippen molar-refractivity contribution in [3.63, 3.8) is 0 Å². The van der Waals surface area contributed by atoms with E-state index in [1.165, 1.54) is 22.2 Å². The normalized spacial score (nSPS) is 11.0. The van der Waals surface area contributed by atoms with Crippen LogP contribution in [0.1, 0.15) is 0 Å². The summed E-state index contributed by atoms with van der Waals surface area (Å²) in [6.07, 6.45) is 1.30. The molecule has 0 aliphatic heterocycles. The number of thiazole rings is 1. The van der Waals surface area contributed by atoms with Gasteiger partial charge in [0.2, 0.25) is 5.88 Å². The molecule has 0 atom stereocenters. The lowest BCUT2D eigenvalue weighted by molar-refractivity contribution is 0.438. The van der Waals surface area contributed by atoms with Gasteiger partial charge in [0, 0.05) is 17.0 Å². The third-order valence-electron chi connectivity index (χ3n) is 2.27. The molecule has 6 nitrogen and oxygen atoms in total. The van der Waals surface area contributed by atoms with E-state index in [2.05, 4.69) is 15.1 Å². The van der Waals surface area contributed by atoms with Gasteiger partial charge in [0.05, 0.1) is 11.2 Å². The van der Waals surface area contributed by atoms with Crippen molar-refractivity contribution >= 4 is 22.7 Å². The SMILES string of the molecule is Nc1ncnn2c(O)cc(-c3cscn3)c12. The minimum absolute atomic E-state index is 0.0205. The molecule has 80 valence electrons. The summed E-state index contributed by atoms with van der Waals surface area (Å²) in [4.78, 5) is 8.08. The van der Waals surface area contributed by atoms with E-state index in [1.54, 1.807) is 11.6 Å². The number of hydrogen-bond acceptors (Lipinski definition) is 6. The van der Waals surface area contributed by atoms with Gasteiger partial charge in [-0.15, -0.1) is 11.3 Å². The minimum atomic E-state index is 0.0205. The van der Waals surface area contributed by atoms with Gasteiger partial charge in [-0.05, 0) is 0 Å². The van der Waals surface area contributed by atoms with Crippen LogP contribution < -0.4 is 5.73 Å². The van der Waals surface area contributed by atoms with Crippen molar-refractivity contribution in [1.82, 2.24) is 19.6 Å². The van der Waals surface area contributed by atoms with Gasteiger partial charge in [0.25, 0.3) is 0 Å². The summed E-state index contributed by atoms with van der Waals surface area (Å²) >= 11 is 1.47. The van der Waals surface area contributed by atoms with Gasteiger partial charge < -0.3 is 10.8 Å². The fourth-order valence-corrected chi connectivity index (χ4v) is 2.14. The summed E-state index contributed by atoms with van der Waals surface area (Å²) in [5.41, 5.74) is 9.55. The topological polar surface area (TPSA) is 89.3 Å². The zero-order chi connectivity index (χ0) is 11.1. The van der Waals surface area contributed by atoms with Crippen LogP contribution in [-0.2, 0) is 0 Å². The first-order valence-electron chi connectivity index (χ1n) is 4.47. The number of anilines is 1. The molecule has 0 fully saturated rings. The molecule has 0 saturated carbocycles. The number of nitrogen functional groups attached to an aromatic ring is 1. The van der Waals surface area contributed by atoms with Gasteiger partial charge in [-0.3, -0.25) is 0 Å². The monoisotopic (exact) mass is 233 g/mol. The molecule has 0 amide bonds. The van der Waals surface area contributed by atoms with Crippen LogP contribution in [0.3, 0.4) is 0 Å². The van der Waals surface area contributed by atoms with E-state index in [4.69, 9.17) is 5.73 Å². The number of nitrogens with zero attached hydrogens (tertiary/aromatic N) is 4. The molecule has 3 heterocycles. The van der Waals surface area contributed by atoms with Crippen LogP contribution in [0.2, 0.25) is 0 Å². The highest BCUT2D eigenvalue weighted by Gasteiger charge is 2.15. The fraction of sp³-hybridized carbons (Fsp3) is 0. The Morgan fingerprint density at radius 3 is 3.00 bits per heavy atom. The van der Waals surface area contributed by atoms with E-state index in [0.717, 1.165) is 11.3 Å². The molecule has 0 bridgehead atoms. The number of fused-ring (bicyclic) bond motifs is 1. The number of aromatic nitrogens is 4. The Morgan fingerprint density at radius 2 is 2.25 bits per heavy atom. The average molecular weight is 233 g/mol. The lowest BCUT2D eigenvalue weighted by Gasteiger charge is -1.98. The minimum Gasteiger partial charge on any atom is -0.493 e. The number of hydrogen-bond donors (Lipinski definition) is 2. The predicted molar refractivity (Wildman–Crippen MR) is 60.2 cm³/mol. The first-order chi connectivity index (χ1) is 7.77.